The summed E-state index contributed by atoms with van der Waals surface area (Å²) in [6.07, 6.45) is 1.52. The second kappa shape index (κ2) is 9.59. The van der Waals surface area contributed by atoms with Crippen molar-refractivity contribution in [3.05, 3.63) is 65.7 Å². The van der Waals surface area contributed by atoms with Gasteiger partial charge in [0.2, 0.25) is 5.89 Å². The van der Waals surface area contributed by atoms with Crippen molar-refractivity contribution in [2.45, 2.75) is 37.5 Å². The van der Waals surface area contributed by atoms with Crippen LogP contribution in [-0.4, -0.2) is 41.6 Å². The van der Waals surface area contributed by atoms with E-state index >= 15 is 0 Å². The fourth-order valence-electron chi connectivity index (χ4n) is 3.35. The van der Waals surface area contributed by atoms with Gasteiger partial charge in [-0.2, -0.15) is 10.6 Å². The summed E-state index contributed by atoms with van der Waals surface area (Å²) in [7, 11) is -1.36. The first-order chi connectivity index (χ1) is 16.2. The van der Waals surface area contributed by atoms with Gasteiger partial charge in [-0.1, -0.05) is 18.2 Å². The van der Waals surface area contributed by atoms with E-state index in [1.165, 1.54) is 18.3 Å². The number of aryl methyl sites for hydroxylation is 1. The van der Waals surface area contributed by atoms with Crippen LogP contribution in [0.2, 0.25) is 0 Å². The minimum absolute atomic E-state index is 0. The highest BCUT2D eigenvalue weighted by atomic mass is 32.3. The molecule has 2 heterocycles. The van der Waals surface area contributed by atoms with Crippen molar-refractivity contribution in [3.8, 4) is 34.3 Å². The maximum absolute atomic E-state index is 14.8. The van der Waals surface area contributed by atoms with Gasteiger partial charge >= 0.3 is 0 Å². The largest absolute Gasteiger partial charge is 0.415 e. The van der Waals surface area contributed by atoms with Crippen LogP contribution in [0, 0.1) is 12.7 Å². The fraction of sp³-hybridized carbons (Fsp3) is 0.250. The fourth-order valence-corrected chi connectivity index (χ4v) is 4.48. The van der Waals surface area contributed by atoms with E-state index in [4.69, 9.17) is 4.42 Å². The molecule has 8 nitrogen and oxygen atoms in total. The molecule has 0 radical (unpaired) electrons. The maximum atomic E-state index is 14.8. The molecule has 34 heavy (non-hydrogen) atoms. The first kappa shape index (κ1) is 24.0. The normalized spacial score (nSPS) is 12.4. The topological polar surface area (TPSA) is 117 Å². The zero-order valence-corrected chi connectivity index (χ0v) is 20.1. The Labute approximate surface area is 200 Å². The lowest BCUT2D eigenvalue weighted by atomic mass is 10.1. The molecule has 0 amide bonds. The van der Waals surface area contributed by atoms with Crippen LogP contribution in [0.1, 0.15) is 26.5 Å². The van der Waals surface area contributed by atoms with Crippen LogP contribution < -0.4 is 5.32 Å². The van der Waals surface area contributed by atoms with Crippen molar-refractivity contribution in [2.75, 3.05) is 7.05 Å². The quantitative estimate of drug-likeness (QED) is 0.301. The van der Waals surface area contributed by atoms with E-state index in [0.29, 0.717) is 28.5 Å². The van der Waals surface area contributed by atoms with E-state index in [9.17, 15) is 13.5 Å². The zero-order chi connectivity index (χ0) is 24.5. The summed E-state index contributed by atoms with van der Waals surface area (Å²) in [5.41, 5.74) is 3.71. The lowest BCUT2D eigenvalue weighted by Gasteiger charge is -2.36. The molecule has 0 bridgehead atoms. The van der Waals surface area contributed by atoms with Crippen molar-refractivity contribution < 1.29 is 19.3 Å². The molecule has 3 N–H and O–H groups in total. The van der Waals surface area contributed by atoms with Crippen molar-refractivity contribution >= 4 is 10.6 Å². The molecule has 0 aliphatic carbocycles. The Bertz CT molecular complexity index is 1320. The molecule has 10 heteroatoms. The minimum Gasteiger partial charge on any atom is -0.415 e. The molecule has 0 unspecified atom stereocenters. The third-order valence-corrected chi connectivity index (χ3v) is 7.67. The van der Waals surface area contributed by atoms with Gasteiger partial charge in [0.25, 0.3) is 5.89 Å². The standard InChI is InChI=1S/C24H26FN5O3S.H2/c1-14(2)34(31,32)21-10-9-18(11-19(21)25)20-13-27-15(3)22(28-20)24-30-29-23(33-24)17-7-5-16(6-8-17)12-26-4;/h5-11,13-14,26,31-32H,12H2,1-4H3;1H. The van der Waals surface area contributed by atoms with E-state index in [0.717, 1.165) is 17.7 Å². The van der Waals surface area contributed by atoms with Gasteiger partial charge in [-0.25, -0.2) is 9.37 Å². The molecular weight excluding hydrogens is 457 g/mol. The first-order valence-corrected chi connectivity index (χ1v) is 12.3. The van der Waals surface area contributed by atoms with Crippen molar-refractivity contribution in [2.24, 2.45) is 0 Å². The van der Waals surface area contributed by atoms with Crippen LogP contribution >= 0.6 is 10.6 Å². The average molecular weight is 486 g/mol. The number of hydrogen-bond acceptors (Lipinski definition) is 8. The Hall–Kier alpha value is -3.18. The second-order valence-corrected chi connectivity index (χ2v) is 10.7. The number of aromatic nitrogens is 4. The molecule has 0 spiro atoms. The highest BCUT2D eigenvalue weighted by Gasteiger charge is 2.24. The van der Waals surface area contributed by atoms with Gasteiger partial charge in [0, 0.05) is 24.3 Å². The highest BCUT2D eigenvalue weighted by Crippen LogP contribution is 2.53. The van der Waals surface area contributed by atoms with Crippen LogP contribution in [0.25, 0.3) is 34.3 Å². The molecule has 0 aliphatic heterocycles. The van der Waals surface area contributed by atoms with Crippen molar-refractivity contribution in [1.29, 1.82) is 0 Å². The van der Waals surface area contributed by atoms with E-state index in [2.05, 4.69) is 25.5 Å². The van der Waals surface area contributed by atoms with E-state index < -0.39 is 21.7 Å². The monoisotopic (exact) mass is 485 g/mol. The third-order valence-electron chi connectivity index (χ3n) is 5.37. The molecule has 4 aromatic rings. The lowest BCUT2D eigenvalue weighted by molar-refractivity contribution is 0.466. The Morgan fingerprint density at radius 2 is 1.74 bits per heavy atom. The summed E-state index contributed by atoms with van der Waals surface area (Å²) >= 11 is 0. The van der Waals surface area contributed by atoms with Gasteiger partial charge in [-0.05, 0) is 57.6 Å². The van der Waals surface area contributed by atoms with Crippen LogP contribution in [0.3, 0.4) is 0 Å². The predicted molar refractivity (Wildman–Crippen MR) is 132 cm³/mol. The number of nitrogens with zero attached hydrogens (tertiary/aromatic N) is 4. The maximum Gasteiger partial charge on any atom is 0.268 e. The molecule has 0 aliphatic rings. The molecule has 0 saturated heterocycles. The molecular formula is C24H28FN5O3S. The Morgan fingerprint density at radius 1 is 1.06 bits per heavy atom. The molecule has 2 aromatic heterocycles. The van der Waals surface area contributed by atoms with Crippen molar-refractivity contribution in [1.82, 2.24) is 25.5 Å². The second-order valence-electron chi connectivity index (χ2n) is 8.12. The number of halogens is 1. The third kappa shape index (κ3) is 4.71. The first-order valence-electron chi connectivity index (χ1n) is 10.7. The van der Waals surface area contributed by atoms with Crippen LogP contribution in [0.5, 0.6) is 0 Å². The lowest BCUT2D eigenvalue weighted by Crippen LogP contribution is -2.12. The highest BCUT2D eigenvalue weighted by molar-refractivity contribution is 8.24. The SMILES string of the molecule is CNCc1ccc(-c2nnc(-c3nc(-c4ccc(S(O)(O)C(C)C)c(F)c4)cnc3C)o2)cc1.[HH]. The summed E-state index contributed by atoms with van der Waals surface area (Å²) in [4.78, 5) is 8.82. The molecule has 2 aromatic carbocycles. The summed E-state index contributed by atoms with van der Waals surface area (Å²) in [5.74, 6) is -0.156. The van der Waals surface area contributed by atoms with Crippen LogP contribution in [-0.2, 0) is 6.54 Å². The average Bonchev–Trinajstić information content (AvgIpc) is 3.30. The van der Waals surface area contributed by atoms with Gasteiger partial charge < -0.3 is 9.73 Å². The molecule has 180 valence electrons. The van der Waals surface area contributed by atoms with Gasteiger partial charge in [-0.15, -0.1) is 10.2 Å². The smallest absolute Gasteiger partial charge is 0.268 e. The predicted octanol–water partition coefficient (Wildman–Crippen LogP) is 5.79. The summed E-state index contributed by atoms with van der Waals surface area (Å²) in [5, 5.41) is 10.9. The number of nitrogens with one attached hydrogen (secondary N) is 1. The molecule has 0 fully saturated rings. The Morgan fingerprint density at radius 3 is 2.38 bits per heavy atom. The van der Waals surface area contributed by atoms with Gasteiger partial charge in [0.05, 0.1) is 22.5 Å². The molecule has 0 saturated carbocycles. The molecule has 4 rings (SSSR count). The minimum atomic E-state index is -3.24. The van der Waals surface area contributed by atoms with Crippen LogP contribution in [0.4, 0.5) is 4.39 Å². The van der Waals surface area contributed by atoms with Gasteiger partial charge in [-0.3, -0.25) is 14.1 Å². The van der Waals surface area contributed by atoms with Gasteiger partial charge in [0.15, 0.2) is 0 Å². The summed E-state index contributed by atoms with van der Waals surface area (Å²) in [6.45, 7) is 5.80. The van der Waals surface area contributed by atoms with E-state index in [1.54, 1.807) is 26.8 Å². The number of rotatable bonds is 7. The zero-order valence-electron chi connectivity index (χ0n) is 19.3. The molecule has 0 atom stereocenters. The van der Waals surface area contributed by atoms with Gasteiger partial charge in [0.1, 0.15) is 11.5 Å². The summed E-state index contributed by atoms with van der Waals surface area (Å²) < 4.78 is 41.3. The van der Waals surface area contributed by atoms with Crippen LogP contribution in [0.15, 0.2) is 58.0 Å². The number of hydrogen-bond donors (Lipinski definition) is 3. The van der Waals surface area contributed by atoms with E-state index in [1.807, 2.05) is 31.3 Å². The van der Waals surface area contributed by atoms with Crippen molar-refractivity contribution in [3.63, 3.8) is 0 Å². The number of benzene rings is 2. The Kier molecular flexibility index (Phi) is 6.76. The summed E-state index contributed by atoms with van der Waals surface area (Å²) in [6, 6.07) is 12.0. The Balaban J connectivity index is 0.00000342. The van der Waals surface area contributed by atoms with E-state index in [-0.39, 0.29) is 12.2 Å².